The average molecular weight is 309 g/mol. The molecule has 0 aliphatic rings. The van der Waals surface area contributed by atoms with Gasteiger partial charge in [-0.2, -0.15) is 0 Å². The minimum atomic E-state index is 0.0478. The van der Waals surface area contributed by atoms with Crippen LogP contribution in [0.4, 0.5) is 0 Å². The first kappa shape index (κ1) is 18.5. The maximum absolute atomic E-state index is 8.68. The number of benzene rings is 1. The van der Waals surface area contributed by atoms with E-state index in [-0.39, 0.29) is 12.6 Å². The Morgan fingerprint density at radius 2 is 2.14 bits per heavy atom. The summed E-state index contributed by atoms with van der Waals surface area (Å²) in [5, 5.41) is 12.1. The fourth-order valence-corrected chi connectivity index (χ4v) is 2.15. The first-order valence-corrected chi connectivity index (χ1v) is 7.60. The van der Waals surface area contributed by atoms with Crippen LogP contribution >= 0.6 is 0 Å². The second kappa shape index (κ2) is 11.1. The predicted molar refractivity (Wildman–Crippen MR) is 87.6 cm³/mol. The Labute approximate surface area is 132 Å². The van der Waals surface area contributed by atoms with Crippen LogP contribution in [0.3, 0.4) is 0 Å². The summed E-state index contributed by atoms with van der Waals surface area (Å²) in [6, 6.07) is 6.08. The minimum absolute atomic E-state index is 0.0478. The zero-order valence-corrected chi connectivity index (χ0v) is 13.5. The molecule has 0 amide bonds. The lowest BCUT2D eigenvalue weighted by Gasteiger charge is -2.19. The van der Waals surface area contributed by atoms with Crippen molar-refractivity contribution in [2.24, 2.45) is 0 Å². The van der Waals surface area contributed by atoms with Crippen LogP contribution in [0.1, 0.15) is 24.9 Å². The number of hydrogen-bond acceptors (Lipinski definition) is 5. The third-order valence-electron chi connectivity index (χ3n) is 3.17. The van der Waals surface area contributed by atoms with Crippen molar-refractivity contribution in [3.8, 4) is 11.5 Å². The summed E-state index contributed by atoms with van der Waals surface area (Å²) in [4.78, 5) is 0. The zero-order valence-electron chi connectivity index (χ0n) is 13.5. The Balaban J connectivity index is 2.71. The molecular weight excluding hydrogens is 282 g/mol. The standard InChI is InChI=1S/C17H27NO4/c1-4-6-15(18-9-11-21-12-10-19)14-7-8-16(22-5-2)17(13-14)20-3/h4,7-8,13,15,18-19H,1,5-6,9-12H2,2-3H3. The Morgan fingerprint density at radius 1 is 1.32 bits per heavy atom. The van der Waals surface area contributed by atoms with Crippen LogP contribution in [0.25, 0.3) is 0 Å². The number of rotatable bonds is 12. The van der Waals surface area contributed by atoms with E-state index in [4.69, 9.17) is 19.3 Å². The van der Waals surface area contributed by atoms with Crippen LogP contribution in [-0.2, 0) is 4.74 Å². The number of nitrogens with one attached hydrogen (secondary N) is 1. The topological polar surface area (TPSA) is 60.0 Å². The molecule has 0 aliphatic carbocycles. The summed E-state index contributed by atoms with van der Waals surface area (Å²) in [6.07, 6.45) is 2.69. The number of methoxy groups -OCH3 is 1. The molecule has 0 fully saturated rings. The van der Waals surface area contributed by atoms with Gasteiger partial charge in [0.1, 0.15) is 0 Å². The van der Waals surface area contributed by atoms with Gasteiger partial charge in [-0.25, -0.2) is 0 Å². The van der Waals surface area contributed by atoms with Crippen LogP contribution in [0.2, 0.25) is 0 Å². The highest BCUT2D eigenvalue weighted by Gasteiger charge is 2.13. The molecule has 1 rings (SSSR count). The Bertz CT molecular complexity index is 437. The molecule has 0 spiro atoms. The third kappa shape index (κ3) is 6.05. The lowest BCUT2D eigenvalue weighted by molar-refractivity contribution is 0.0926. The zero-order chi connectivity index (χ0) is 16.2. The molecule has 5 heteroatoms. The van der Waals surface area contributed by atoms with Gasteiger partial charge in [-0.15, -0.1) is 6.58 Å². The first-order valence-electron chi connectivity index (χ1n) is 7.60. The molecule has 124 valence electrons. The second-order valence-corrected chi connectivity index (χ2v) is 4.71. The van der Waals surface area contributed by atoms with E-state index in [0.717, 1.165) is 23.5 Å². The predicted octanol–water partition coefficient (Wildman–Crippen LogP) is 2.31. The quantitative estimate of drug-likeness (QED) is 0.458. The first-order chi connectivity index (χ1) is 10.8. The van der Waals surface area contributed by atoms with E-state index in [1.54, 1.807) is 7.11 Å². The van der Waals surface area contributed by atoms with Gasteiger partial charge in [0.2, 0.25) is 0 Å². The smallest absolute Gasteiger partial charge is 0.161 e. The highest BCUT2D eigenvalue weighted by molar-refractivity contribution is 5.44. The Morgan fingerprint density at radius 3 is 2.77 bits per heavy atom. The van der Waals surface area contributed by atoms with E-state index in [1.165, 1.54) is 0 Å². The SMILES string of the molecule is C=CCC(NCCOCCO)c1ccc(OCC)c(OC)c1. The number of hydrogen-bond donors (Lipinski definition) is 2. The van der Waals surface area contributed by atoms with Crippen molar-refractivity contribution in [3.63, 3.8) is 0 Å². The molecule has 0 saturated heterocycles. The van der Waals surface area contributed by atoms with Crippen molar-refractivity contribution < 1.29 is 19.3 Å². The van der Waals surface area contributed by atoms with E-state index < -0.39 is 0 Å². The fraction of sp³-hybridized carbons (Fsp3) is 0.529. The minimum Gasteiger partial charge on any atom is -0.493 e. The maximum atomic E-state index is 8.68. The summed E-state index contributed by atoms with van der Waals surface area (Å²) in [5.41, 5.74) is 1.11. The molecule has 0 radical (unpaired) electrons. The average Bonchev–Trinajstić information content (AvgIpc) is 2.54. The highest BCUT2D eigenvalue weighted by Crippen LogP contribution is 2.31. The monoisotopic (exact) mass is 309 g/mol. The van der Waals surface area contributed by atoms with Crippen LogP contribution in [0.5, 0.6) is 11.5 Å². The molecular formula is C17H27NO4. The Hall–Kier alpha value is -1.56. The number of aliphatic hydroxyl groups excluding tert-OH is 1. The summed E-state index contributed by atoms with van der Waals surface area (Å²) >= 11 is 0. The van der Waals surface area contributed by atoms with E-state index in [9.17, 15) is 0 Å². The van der Waals surface area contributed by atoms with Crippen molar-refractivity contribution in [2.45, 2.75) is 19.4 Å². The van der Waals surface area contributed by atoms with Gasteiger partial charge < -0.3 is 24.6 Å². The van der Waals surface area contributed by atoms with Gasteiger partial charge in [0.05, 0.1) is 33.5 Å². The molecule has 1 atom stereocenters. The molecule has 1 aromatic carbocycles. The molecule has 1 aromatic rings. The molecule has 0 aromatic heterocycles. The van der Waals surface area contributed by atoms with Crippen LogP contribution in [0.15, 0.2) is 30.9 Å². The number of ether oxygens (including phenoxy) is 3. The van der Waals surface area contributed by atoms with Crippen LogP contribution in [-0.4, -0.2) is 45.2 Å². The van der Waals surface area contributed by atoms with Crippen molar-refractivity contribution in [2.75, 3.05) is 40.1 Å². The van der Waals surface area contributed by atoms with Gasteiger partial charge in [0, 0.05) is 12.6 Å². The molecule has 0 aliphatic heterocycles. The van der Waals surface area contributed by atoms with E-state index in [0.29, 0.717) is 26.4 Å². The van der Waals surface area contributed by atoms with Crippen molar-refractivity contribution in [1.82, 2.24) is 5.32 Å². The van der Waals surface area contributed by atoms with Crippen molar-refractivity contribution in [1.29, 1.82) is 0 Å². The van der Waals surface area contributed by atoms with Gasteiger partial charge in [0.25, 0.3) is 0 Å². The van der Waals surface area contributed by atoms with Gasteiger partial charge in [-0.3, -0.25) is 0 Å². The summed E-state index contributed by atoms with van der Waals surface area (Å²) in [7, 11) is 1.64. The van der Waals surface area contributed by atoms with Crippen LogP contribution in [0, 0.1) is 0 Å². The third-order valence-corrected chi connectivity index (χ3v) is 3.17. The van der Waals surface area contributed by atoms with E-state index in [2.05, 4.69) is 11.9 Å². The summed E-state index contributed by atoms with van der Waals surface area (Å²) in [6.45, 7) is 8.04. The lowest BCUT2D eigenvalue weighted by Crippen LogP contribution is -2.25. The van der Waals surface area contributed by atoms with E-state index >= 15 is 0 Å². The molecule has 0 saturated carbocycles. The van der Waals surface area contributed by atoms with Gasteiger partial charge in [-0.1, -0.05) is 12.1 Å². The van der Waals surface area contributed by atoms with Crippen LogP contribution < -0.4 is 14.8 Å². The van der Waals surface area contributed by atoms with Gasteiger partial charge in [0.15, 0.2) is 11.5 Å². The second-order valence-electron chi connectivity index (χ2n) is 4.71. The molecule has 5 nitrogen and oxygen atoms in total. The summed E-state index contributed by atoms with van der Waals surface area (Å²) in [5.74, 6) is 1.48. The van der Waals surface area contributed by atoms with Crippen molar-refractivity contribution in [3.05, 3.63) is 36.4 Å². The van der Waals surface area contributed by atoms with E-state index in [1.807, 2.05) is 31.2 Å². The maximum Gasteiger partial charge on any atom is 0.161 e. The molecule has 2 N–H and O–H groups in total. The Kier molecular flexibility index (Phi) is 9.30. The molecule has 1 unspecified atom stereocenters. The lowest BCUT2D eigenvalue weighted by atomic mass is 10.0. The molecule has 0 bridgehead atoms. The largest absolute Gasteiger partial charge is 0.493 e. The van der Waals surface area contributed by atoms with Gasteiger partial charge in [-0.05, 0) is 31.0 Å². The molecule has 22 heavy (non-hydrogen) atoms. The van der Waals surface area contributed by atoms with Gasteiger partial charge >= 0.3 is 0 Å². The fourth-order valence-electron chi connectivity index (χ4n) is 2.15. The van der Waals surface area contributed by atoms with Crippen molar-refractivity contribution >= 4 is 0 Å². The normalized spacial score (nSPS) is 12.0. The summed E-state index contributed by atoms with van der Waals surface area (Å²) < 4.78 is 16.2. The highest BCUT2D eigenvalue weighted by atomic mass is 16.5. The molecule has 0 heterocycles. The number of aliphatic hydroxyl groups is 1.